The molecule has 0 aliphatic heterocycles. The maximum Gasteiger partial charge on any atom is 0.207 e. The number of nitrogens with one attached hydrogen (secondary N) is 1. The van der Waals surface area contributed by atoms with Crippen molar-refractivity contribution in [2.24, 2.45) is 0 Å². The van der Waals surface area contributed by atoms with Crippen molar-refractivity contribution >= 4 is 11.6 Å². The van der Waals surface area contributed by atoms with Crippen molar-refractivity contribution in [1.82, 2.24) is 9.55 Å². The standard InChI is InChI=1S/C14H18FN3/c1-4-7-18-9-11(3)16-14(18)17-13-6-5-10(2)8-12(13)15/h5-6,8-9H,4,7H2,1-3H3,(H,16,17). The highest BCUT2D eigenvalue weighted by molar-refractivity contribution is 5.55. The maximum atomic E-state index is 13.8. The minimum absolute atomic E-state index is 0.251. The normalized spacial score (nSPS) is 10.7. The molecule has 18 heavy (non-hydrogen) atoms. The van der Waals surface area contributed by atoms with Gasteiger partial charge in [-0.1, -0.05) is 13.0 Å². The highest BCUT2D eigenvalue weighted by Crippen LogP contribution is 2.20. The number of hydrogen-bond donors (Lipinski definition) is 1. The van der Waals surface area contributed by atoms with Crippen molar-refractivity contribution in [2.45, 2.75) is 33.7 Å². The smallest absolute Gasteiger partial charge is 0.207 e. The van der Waals surface area contributed by atoms with Gasteiger partial charge in [-0.15, -0.1) is 0 Å². The van der Waals surface area contributed by atoms with Gasteiger partial charge in [0.1, 0.15) is 5.82 Å². The number of rotatable bonds is 4. The molecule has 0 saturated heterocycles. The van der Waals surface area contributed by atoms with E-state index in [9.17, 15) is 4.39 Å². The third-order valence-electron chi connectivity index (χ3n) is 2.73. The molecule has 0 amide bonds. The molecule has 0 fully saturated rings. The molecule has 0 aliphatic carbocycles. The maximum absolute atomic E-state index is 13.8. The fraction of sp³-hybridized carbons (Fsp3) is 0.357. The average molecular weight is 247 g/mol. The van der Waals surface area contributed by atoms with Crippen LogP contribution in [0.4, 0.5) is 16.0 Å². The highest BCUT2D eigenvalue weighted by atomic mass is 19.1. The van der Waals surface area contributed by atoms with E-state index >= 15 is 0 Å². The Hall–Kier alpha value is -1.84. The summed E-state index contributed by atoms with van der Waals surface area (Å²) < 4.78 is 15.8. The molecule has 0 bridgehead atoms. The van der Waals surface area contributed by atoms with Gasteiger partial charge in [0.25, 0.3) is 0 Å². The highest BCUT2D eigenvalue weighted by Gasteiger charge is 2.08. The van der Waals surface area contributed by atoms with E-state index < -0.39 is 0 Å². The van der Waals surface area contributed by atoms with Crippen LogP contribution in [0.3, 0.4) is 0 Å². The van der Waals surface area contributed by atoms with Crippen LogP contribution in [0.15, 0.2) is 24.4 Å². The van der Waals surface area contributed by atoms with Gasteiger partial charge in [-0.2, -0.15) is 0 Å². The molecule has 0 atom stereocenters. The van der Waals surface area contributed by atoms with E-state index in [0.29, 0.717) is 11.6 Å². The lowest BCUT2D eigenvalue weighted by atomic mass is 10.2. The molecule has 0 aliphatic rings. The number of hydrogen-bond acceptors (Lipinski definition) is 2. The Morgan fingerprint density at radius 1 is 1.33 bits per heavy atom. The van der Waals surface area contributed by atoms with E-state index in [1.165, 1.54) is 6.07 Å². The minimum Gasteiger partial charge on any atom is -0.323 e. The molecule has 1 heterocycles. The molecule has 0 spiro atoms. The monoisotopic (exact) mass is 247 g/mol. The number of imidazole rings is 1. The van der Waals surface area contributed by atoms with Gasteiger partial charge in [-0.25, -0.2) is 9.37 Å². The van der Waals surface area contributed by atoms with Crippen molar-refractivity contribution < 1.29 is 4.39 Å². The first-order valence-corrected chi connectivity index (χ1v) is 6.17. The second-order valence-corrected chi connectivity index (χ2v) is 4.51. The van der Waals surface area contributed by atoms with Gasteiger partial charge in [0.15, 0.2) is 0 Å². The largest absolute Gasteiger partial charge is 0.323 e. The first-order valence-electron chi connectivity index (χ1n) is 6.17. The quantitative estimate of drug-likeness (QED) is 0.890. The van der Waals surface area contributed by atoms with Crippen molar-refractivity contribution in [1.29, 1.82) is 0 Å². The third-order valence-corrected chi connectivity index (χ3v) is 2.73. The van der Waals surface area contributed by atoms with Crippen LogP contribution in [0, 0.1) is 19.7 Å². The number of nitrogens with zero attached hydrogens (tertiary/aromatic N) is 2. The summed E-state index contributed by atoms with van der Waals surface area (Å²) >= 11 is 0. The van der Waals surface area contributed by atoms with Crippen LogP contribution < -0.4 is 5.32 Å². The zero-order valence-corrected chi connectivity index (χ0v) is 11.0. The zero-order chi connectivity index (χ0) is 13.1. The first kappa shape index (κ1) is 12.6. The Balaban J connectivity index is 2.27. The van der Waals surface area contributed by atoms with Crippen molar-refractivity contribution in [3.05, 3.63) is 41.5 Å². The first-order chi connectivity index (χ1) is 8.60. The number of benzene rings is 1. The van der Waals surface area contributed by atoms with E-state index in [-0.39, 0.29) is 5.82 Å². The Labute approximate surface area is 107 Å². The molecule has 4 heteroatoms. The average Bonchev–Trinajstić information content (AvgIpc) is 2.64. The predicted octanol–water partition coefficient (Wildman–Crippen LogP) is 3.79. The molecular formula is C14H18FN3. The SMILES string of the molecule is CCCn1cc(C)nc1Nc1ccc(C)cc1F. The summed E-state index contributed by atoms with van der Waals surface area (Å²) in [6.45, 7) is 6.78. The minimum atomic E-state index is -0.251. The van der Waals surface area contributed by atoms with E-state index in [2.05, 4.69) is 17.2 Å². The van der Waals surface area contributed by atoms with Crippen LogP contribution in [0.5, 0.6) is 0 Å². The molecule has 1 N–H and O–H groups in total. The van der Waals surface area contributed by atoms with E-state index in [0.717, 1.165) is 24.2 Å². The summed E-state index contributed by atoms with van der Waals surface area (Å²) in [5, 5.41) is 3.05. The summed E-state index contributed by atoms with van der Waals surface area (Å²) in [5.74, 6) is 0.441. The lowest BCUT2D eigenvalue weighted by molar-refractivity contribution is 0.629. The lowest BCUT2D eigenvalue weighted by Crippen LogP contribution is -2.04. The molecule has 96 valence electrons. The molecule has 0 unspecified atom stereocenters. The van der Waals surface area contributed by atoms with Gasteiger partial charge in [-0.05, 0) is 38.0 Å². The lowest BCUT2D eigenvalue weighted by Gasteiger charge is -2.09. The van der Waals surface area contributed by atoms with Crippen molar-refractivity contribution in [2.75, 3.05) is 5.32 Å². The Kier molecular flexibility index (Phi) is 3.65. The molecule has 2 aromatic rings. The molecule has 3 nitrogen and oxygen atoms in total. The van der Waals surface area contributed by atoms with Gasteiger partial charge in [0.2, 0.25) is 5.95 Å². The fourth-order valence-corrected chi connectivity index (χ4v) is 1.90. The molecular weight excluding hydrogens is 229 g/mol. The molecule has 1 aromatic heterocycles. The molecule has 0 radical (unpaired) electrons. The van der Waals surface area contributed by atoms with Crippen LogP contribution in [-0.4, -0.2) is 9.55 Å². The van der Waals surface area contributed by atoms with E-state index in [1.807, 2.05) is 30.7 Å². The predicted molar refractivity (Wildman–Crippen MR) is 71.7 cm³/mol. The van der Waals surface area contributed by atoms with Crippen molar-refractivity contribution in [3.8, 4) is 0 Å². The Morgan fingerprint density at radius 3 is 2.78 bits per heavy atom. The van der Waals surface area contributed by atoms with Crippen LogP contribution in [0.1, 0.15) is 24.6 Å². The molecule has 1 aromatic carbocycles. The van der Waals surface area contributed by atoms with Gasteiger partial charge >= 0.3 is 0 Å². The van der Waals surface area contributed by atoms with Crippen LogP contribution >= 0.6 is 0 Å². The second-order valence-electron chi connectivity index (χ2n) is 4.51. The Morgan fingerprint density at radius 2 is 2.11 bits per heavy atom. The number of anilines is 2. The van der Waals surface area contributed by atoms with E-state index in [1.54, 1.807) is 6.07 Å². The Bertz CT molecular complexity index is 546. The second kappa shape index (κ2) is 5.21. The third kappa shape index (κ3) is 2.70. The van der Waals surface area contributed by atoms with Crippen LogP contribution in [-0.2, 0) is 6.54 Å². The van der Waals surface area contributed by atoms with E-state index in [4.69, 9.17) is 0 Å². The van der Waals surface area contributed by atoms with Gasteiger partial charge < -0.3 is 9.88 Å². The van der Waals surface area contributed by atoms with Gasteiger partial charge in [0, 0.05) is 12.7 Å². The number of aryl methyl sites for hydroxylation is 3. The summed E-state index contributed by atoms with van der Waals surface area (Å²) in [7, 11) is 0. The van der Waals surface area contributed by atoms with Crippen molar-refractivity contribution in [3.63, 3.8) is 0 Å². The molecule has 2 rings (SSSR count). The zero-order valence-electron chi connectivity index (χ0n) is 11.0. The fourth-order valence-electron chi connectivity index (χ4n) is 1.90. The summed E-state index contributed by atoms with van der Waals surface area (Å²) in [5.41, 5.74) is 2.30. The number of aromatic nitrogens is 2. The number of halogens is 1. The summed E-state index contributed by atoms with van der Waals surface area (Å²) in [6, 6.07) is 5.14. The van der Waals surface area contributed by atoms with Crippen LogP contribution in [0.2, 0.25) is 0 Å². The topological polar surface area (TPSA) is 29.9 Å². The van der Waals surface area contributed by atoms with Gasteiger partial charge in [0.05, 0.1) is 11.4 Å². The molecule has 0 saturated carbocycles. The van der Waals surface area contributed by atoms with Crippen LogP contribution in [0.25, 0.3) is 0 Å². The summed E-state index contributed by atoms with van der Waals surface area (Å²) in [6.07, 6.45) is 2.98. The summed E-state index contributed by atoms with van der Waals surface area (Å²) in [4.78, 5) is 4.37. The van der Waals surface area contributed by atoms with Gasteiger partial charge in [-0.3, -0.25) is 0 Å².